The lowest BCUT2D eigenvalue weighted by Gasteiger charge is -2.40. The molecule has 1 saturated carbocycles. The Bertz CT molecular complexity index is 710. The van der Waals surface area contributed by atoms with E-state index < -0.39 is 5.60 Å². The van der Waals surface area contributed by atoms with Gasteiger partial charge < -0.3 is 5.11 Å². The highest BCUT2D eigenvalue weighted by molar-refractivity contribution is 5.59. The maximum Gasteiger partial charge on any atom is 0.0735 e. The summed E-state index contributed by atoms with van der Waals surface area (Å²) in [7, 11) is 0. The molecule has 2 aromatic heterocycles. The molecule has 2 aliphatic rings. The predicted octanol–water partition coefficient (Wildman–Crippen LogP) is 3.02. The monoisotopic (exact) mass is 313 g/mol. The van der Waals surface area contributed by atoms with Crippen molar-refractivity contribution < 1.29 is 5.11 Å². The molecule has 1 saturated heterocycles. The summed E-state index contributed by atoms with van der Waals surface area (Å²) in [5.41, 5.74) is 3.39. The highest BCUT2D eigenvalue weighted by atomic mass is 16.3. The third-order valence-corrected chi connectivity index (χ3v) is 6.22. The second-order valence-electron chi connectivity index (χ2n) is 7.56. The van der Waals surface area contributed by atoms with E-state index in [0.717, 1.165) is 32.5 Å². The summed E-state index contributed by atoms with van der Waals surface area (Å²) >= 11 is 0. The van der Waals surface area contributed by atoms with Crippen molar-refractivity contribution in [3.05, 3.63) is 35.7 Å². The Morgan fingerprint density at radius 2 is 2.26 bits per heavy atom. The Balaban J connectivity index is 1.56. The van der Waals surface area contributed by atoms with Gasteiger partial charge in [0.15, 0.2) is 0 Å². The third-order valence-electron chi connectivity index (χ3n) is 6.22. The molecule has 0 bridgehead atoms. The summed E-state index contributed by atoms with van der Waals surface area (Å²) in [6, 6.07) is 4.20. The van der Waals surface area contributed by atoms with Gasteiger partial charge >= 0.3 is 0 Å². The molecule has 4 heteroatoms. The molecule has 0 amide bonds. The van der Waals surface area contributed by atoms with Gasteiger partial charge in [0.25, 0.3) is 0 Å². The summed E-state index contributed by atoms with van der Waals surface area (Å²) in [5.74, 6) is 1.11. The quantitative estimate of drug-likeness (QED) is 0.947. The first-order chi connectivity index (χ1) is 11.1. The fraction of sp³-hybridized carbons (Fsp3) is 0.632. The van der Waals surface area contributed by atoms with Crippen LogP contribution in [0.3, 0.4) is 0 Å². The first-order valence-electron chi connectivity index (χ1n) is 8.97. The van der Waals surface area contributed by atoms with Gasteiger partial charge in [0.05, 0.1) is 17.3 Å². The van der Waals surface area contributed by atoms with Crippen LogP contribution in [0.15, 0.2) is 24.5 Å². The zero-order valence-corrected chi connectivity index (χ0v) is 14.2. The maximum absolute atomic E-state index is 11.0. The molecule has 2 fully saturated rings. The molecule has 4 rings (SSSR count). The molecule has 0 unspecified atom stereocenters. The fourth-order valence-electron chi connectivity index (χ4n) is 4.93. The number of pyridine rings is 1. The van der Waals surface area contributed by atoms with E-state index in [1.807, 2.05) is 23.0 Å². The Labute approximate surface area is 138 Å². The number of fused-ring (bicyclic) bond motifs is 2. The molecular formula is C19H27N3O. The molecule has 0 aromatic carbocycles. The van der Waals surface area contributed by atoms with Crippen LogP contribution in [0.5, 0.6) is 0 Å². The molecule has 0 radical (unpaired) electrons. The largest absolute Gasteiger partial charge is 0.390 e. The molecule has 1 N–H and O–H groups in total. The minimum Gasteiger partial charge on any atom is -0.390 e. The van der Waals surface area contributed by atoms with Gasteiger partial charge in [-0.25, -0.2) is 4.52 Å². The number of aromatic nitrogens is 2. The van der Waals surface area contributed by atoms with Crippen LogP contribution in [0.1, 0.15) is 43.7 Å². The molecule has 0 spiro atoms. The van der Waals surface area contributed by atoms with E-state index in [9.17, 15) is 5.11 Å². The minimum absolute atomic E-state index is 0.436. The molecule has 3 atom stereocenters. The van der Waals surface area contributed by atoms with Crippen molar-refractivity contribution in [2.75, 3.05) is 13.1 Å². The van der Waals surface area contributed by atoms with Crippen molar-refractivity contribution in [2.45, 2.75) is 51.7 Å². The van der Waals surface area contributed by atoms with Crippen molar-refractivity contribution in [3.8, 4) is 0 Å². The summed E-state index contributed by atoms with van der Waals surface area (Å²) in [4.78, 5) is 2.53. The Morgan fingerprint density at radius 1 is 1.39 bits per heavy atom. The highest BCUT2D eigenvalue weighted by Gasteiger charge is 2.47. The lowest BCUT2D eigenvalue weighted by molar-refractivity contribution is -0.0613. The highest BCUT2D eigenvalue weighted by Crippen LogP contribution is 2.44. The van der Waals surface area contributed by atoms with E-state index in [1.165, 1.54) is 29.5 Å². The van der Waals surface area contributed by atoms with Gasteiger partial charge in [0.2, 0.25) is 0 Å². The van der Waals surface area contributed by atoms with Gasteiger partial charge in [-0.05, 0) is 43.7 Å². The first kappa shape index (κ1) is 15.2. The Hall–Kier alpha value is -1.39. The fourth-order valence-corrected chi connectivity index (χ4v) is 4.93. The molecule has 1 aliphatic carbocycles. The standard InChI is InChI=1S/C19H27N3O/c1-3-19(23)8-4-7-15-11-21(13-17(15)19)12-16-10-20-22-9-5-6-14(2)18(16)22/h5-6,9-10,15,17,23H,3-4,7-8,11-13H2,1-2H3/t15-,17+,19-/m0/s1. The van der Waals surface area contributed by atoms with Gasteiger partial charge in [0.1, 0.15) is 0 Å². The number of hydrogen-bond donors (Lipinski definition) is 1. The maximum atomic E-state index is 11.0. The number of hydrogen-bond acceptors (Lipinski definition) is 3. The third kappa shape index (κ3) is 2.48. The second kappa shape index (κ2) is 5.60. The van der Waals surface area contributed by atoms with E-state index in [0.29, 0.717) is 11.8 Å². The number of likely N-dealkylation sites (tertiary alicyclic amines) is 1. The zero-order chi connectivity index (χ0) is 16.0. The van der Waals surface area contributed by atoms with Crippen LogP contribution in [0.25, 0.3) is 5.52 Å². The Kier molecular flexibility index (Phi) is 3.69. The van der Waals surface area contributed by atoms with Gasteiger partial charge in [-0.3, -0.25) is 4.90 Å². The van der Waals surface area contributed by atoms with Crippen LogP contribution in [-0.4, -0.2) is 38.3 Å². The van der Waals surface area contributed by atoms with Crippen molar-refractivity contribution >= 4 is 5.52 Å². The molecule has 4 nitrogen and oxygen atoms in total. The SMILES string of the molecule is CC[C@]1(O)CCC[C@H]2CN(Cc3cnn4cccc(C)c34)C[C@H]21. The van der Waals surface area contributed by atoms with E-state index in [2.05, 4.69) is 29.9 Å². The molecular weight excluding hydrogens is 286 g/mol. The van der Waals surface area contributed by atoms with Crippen molar-refractivity contribution in [1.29, 1.82) is 0 Å². The van der Waals surface area contributed by atoms with E-state index in [4.69, 9.17) is 0 Å². The topological polar surface area (TPSA) is 40.8 Å². The van der Waals surface area contributed by atoms with Crippen molar-refractivity contribution in [1.82, 2.24) is 14.5 Å². The second-order valence-corrected chi connectivity index (χ2v) is 7.56. The van der Waals surface area contributed by atoms with Gasteiger partial charge in [-0.15, -0.1) is 0 Å². The average molecular weight is 313 g/mol. The Morgan fingerprint density at radius 3 is 3.09 bits per heavy atom. The van der Waals surface area contributed by atoms with Crippen LogP contribution in [0.4, 0.5) is 0 Å². The van der Waals surface area contributed by atoms with Gasteiger partial charge in [-0.2, -0.15) is 5.10 Å². The van der Waals surface area contributed by atoms with Gasteiger partial charge in [-0.1, -0.05) is 19.4 Å². The van der Waals surface area contributed by atoms with E-state index in [-0.39, 0.29) is 0 Å². The summed E-state index contributed by atoms with van der Waals surface area (Å²) in [5, 5.41) is 15.5. The lowest BCUT2D eigenvalue weighted by Crippen LogP contribution is -2.44. The summed E-state index contributed by atoms with van der Waals surface area (Å²) < 4.78 is 1.98. The predicted molar refractivity (Wildman–Crippen MR) is 91.3 cm³/mol. The zero-order valence-electron chi connectivity index (χ0n) is 14.2. The van der Waals surface area contributed by atoms with Crippen molar-refractivity contribution in [2.24, 2.45) is 11.8 Å². The number of aryl methyl sites for hydroxylation is 1. The number of nitrogens with zero attached hydrogens (tertiary/aromatic N) is 3. The van der Waals surface area contributed by atoms with Gasteiger partial charge in [0, 0.05) is 37.3 Å². The molecule has 23 heavy (non-hydrogen) atoms. The number of aliphatic hydroxyl groups is 1. The van der Waals surface area contributed by atoms with Crippen LogP contribution >= 0.6 is 0 Å². The normalized spacial score (nSPS) is 31.6. The summed E-state index contributed by atoms with van der Waals surface area (Å²) in [6.07, 6.45) is 8.35. The average Bonchev–Trinajstić information content (AvgIpc) is 3.14. The minimum atomic E-state index is -0.436. The first-order valence-corrected chi connectivity index (χ1v) is 8.97. The van der Waals surface area contributed by atoms with Crippen LogP contribution in [0.2, 0.25) is 0 Å². The van der Waals surface area contributed by atoms with Crippen LogP contribution in [0, 0.1) is 18.8 Å². The number of rotatable bonds is 3. The molecule has 124 valence electrons. The smallest absolute Gasteiger partial charge is 0.0735 e. The molecule has 1 aliphatic heterocycles. The van der Waals surface area contributed by atoms with Crippen molar-refractivity contribution in [3.63, 3.8) is 0 Å². The van der Waals surface area contributed by atoms with E-state index >= 15 is 0 Å². The van der Waals surface area contributed by atoms with E-state index in [1.54, 1.807) is 0 Å². The molecule has 3 heterocycles. The van der Waals surface area contributed by atoms with Crippen LogP contribution in [-0.2, 0) is 6.54 Å². The molecule has 2 aromatic rings. The van der Waals surface area contributed by atoms with Crippen LogP contribution < -0.4 is 0 Å². The lowest BCUT2D eigenvalue weighted by atomic mass is 9.69. The summed E-state index contributed by atoms with van der Waals surface area (Å²) in [6.45, 7) is 7.38.